The first-order valence-corrected chi connectivity index (χ1v) is 6.02. The van der Waals surface area contributed by atoms with Crippen LogP contribution >= 0.6 is 0 Å². The Morgan fingerprint density at radius 3 is 2.62 bits per heavy atom. The molecular weight excluding hydrogens is 200 g/mol. The molecule has 0 spiro atoms. The monoisotopic (exact) mass is 220 g/mol. The maximum atomic E-state index is 9.64. The van der Waals surface area contributed by atoms with Crippen molar-refractivity contribution in [1.82, 2.24) is 0 Å². The Hall–Kier alpha value is -0.860. The molecule has 0 radical (unpaired) electrons. The Kier molecular flexibility index (Phi) is 3.62. The van der Waals surface area contributed by atoms with E-state index in [-0.39, 0.29) is 12.2 Å². The van der Waals surface area contributed by atoms with Crippen LogP contribution in [0.2, 0.25) is 0 Å². The molecule has 0 aromatic heterocycles. The predicted molar refractivity (Wildman–Crippen MR) is 64.2 cm³/mol. The van der Waals surface area contributed by atoms with Crippen LogP contribution in [0.15, 0.2) is 24.3 Å². The first-order chi connectivity index (χ1) is 7.68. The smallest absolute Gasteiger partial charge is 0.0863 e. The van der Waals surface area contributed by atoms with Gasteiger partial charge in [-0.15, -0.1) is 0 Å². The summed E-state index contributed by atoms with van der Waals surface area (Å²) in [6, 6.07) is 8.24. The number of benzene rings is 1. The minimum Gasteiger partial charge on any atom is -0.391 e. The van der Waals surface area contributed by atoms with Gasteiger partial charge in [0.05, 0.1) is 18.8 Å². The quantitative estimate of drug-likeness (QED) is 0.826. The third-order valence-electron chi connectivity index (χ3n) is 3.25. The van der Waals surface area contributed by atoms with Gasteiger partial charge in [0.15, 0.2) is 0 Å². The van der Waals surface area contributed by atoms with E-state index in [1.807, 2.05) is 19.1 Å². The number of ether oxygens (including phenoxy) is 1. The zero-order valence-corrected chi connectivity index (χ0v) is 10.0. The second kappa shape index (κ2) is 4.98. The van der Waals surface area contributed by atoms with Crippen LogP contribution in [0.3, 0.4) is 0 Å². The summed E-state index contributed by atoms with van der Waals surface area (Å²) in [5, 5.41) is 9.64. The lowest BCUT2D eigenvalue weighted by Crippen LogP contribution is -2.28. The molecule has 1 saturated carbocycles. The van der Waals surface area contributed by atoms with Crippen LogP contribution in [0.4, 0.5) is 0 Å². The average Bonchev–Trinajstić information content (AvgIpc) is 3.04. The molecule has 0 aliphatic heterocycles. The van der Waals surface area contributed by atoms with E-state index in [0.717, 1.165) is 0 Å². The lowest BCUT2D eigenvalue weighted by molar-refractivity contribution is -0.0501. The number of hydrogen-bond acceptors (Lipinski definition) is 2. The number of rotatable bonds is 5. The van der Waals surface area contributed by atoms with E-state index in [2.05, 4.69) is 19.1 Å². The normalized spacial score (nSPS) is 19.4. The molecule has 0 amide bonds. The summed E-state index contributed by atoms with van der Waals surface area (Å²) in [5.41, 5.74) is 2.47. The molecule has 2 unspecified atom stereocenters. The summed E-state index contributed by atoms with van der Waals surface area (Å²) in [6.07, 6.45) is 2.04. The molecule has 1 aliphatic rings. The van der Waals surface area contributed by atoms with Crippen molar-refractivity contribution in [3.05, 3.63) is 35.4 Å². The predicted octanol–water partition coefficient (Wildman–Crippen LogP) is 2.67. The van der Waals surface area contributed by atoms with Crippen molar-refractivity contribution in [2.75, 3.05) is 0 Å². The topological polar surface area (TPSA) is 29.5 Å². The van der Waals surface area contributed by atoms with E-state index >= 15 is 0 Å². The van der Waals surface area contributed by atoms with E-state index < -0.39 is 0 Å². The van der Waals surface area contributed by atoms with E-state index in [1.165, 1.54) is 24.0 Å². The molecule has 1 aromatic carbocycles. The van der Waals surface area contributed by atoms with Gasteiger partial charge in [0.25, 0.3) is 0 Å². The maximum Gasteiger partial charge on any atom is 0.0863 e. The van der Waals surface area contributed by atoms with E-state index in [9.17, 15) is 5.11 Å². The molecule has 0 saturated heterocycles. The van der Waals surface area contributed by atoms with Gasteiger partial charge in [-0.05, 0) is 43.7 Å². The summed E-state index contributed by atoms with van der Waals surface area (Å²) in [7, 11) is 0. The SMILES string of the molecule is Cc1ccccc1COC(C(C)O)C1CC1. The molecule has 2 atom stereocenters. The Labute approximate surface area is 97.3 Å². The van der Waals surface area contributed by atoms with Crippen molar-refractivity contribution in [3.63, 3.8) is 0 Å². The summed E-state index contributed by atoms with van der Waals surface area (Å²) in [6.45, 7) is 4.52. The lowest BCUT2D eigenvalue weighted by atomic mass is 10.1. The molecule has 0 heterocycles. The fourth-order valence-electron chi connectivity index (χ4n) is 2.05. The molecule has 2 nitrogen and oxygen atoms in total. The largest absolute Gasteiger partial charge is 0.391 e. The number of aryl methyl sites for hydroxylation is 1. The lowest BCUT2D eigenvalue weighted by Gasteiger charge is -2.20. The molecule has 16 heavy (non-hydrogen) atoms. The van der Waals surface area contributed by atoms with Gasteiger partial charge < -0.3 is 9.84 Å². The molecule has 1 aliphatic carbocycles. The summed E-state index contributed by atoms with van der Waals surface area (Å²) in [4.78, 5) is 0. The Morgan fingerprint density at radius 2 is 2.06 bits per heavy atom. The van der Waals surface area contributed by atoms with Gasteiger partial charge in [0.2, 0.25) is 0 Å². The molecule has 2 rings (SSSR count). The van der Waals surface area contributed by atoms with Crippen molar-refractivity contribution in [3.8, 4) is 0 Å². The van der Waals surface area contributed by atoms with Gasteiger partial charge in [-0.1, -0.05) is 24.3 Å². The van der Waals surface area contributed by atoms with Gasteiger partial charge in [0.1, 0.15) is 0 Å². The third kappa shape index (κ3) is 2.83. The zero-order chi connectivity index (χ0) is 11.5. The minimum absolute atomic E-state index is 0.0135. The fraction of sp³-hybridized carbons (Fsp3) is 0.571. The number of aliphatic hydroxyl groups excluding tert-OH is 1. The standard InChI is InChI=1S/C14H20O2/c1-10-5-3-4-6-13(10)9-16-14(11(2)15)12-7-8-12/h3-6,11-12,14-15H,7-9H2,1-2H3. The first-order valence-electron chi connectivity index (χ1n) is 6.02. The van der Waals surface area contributed by atoms with Crippen LogP contribution in [0.25, 0.3) is 0 Å². The van der Waals surface area contributed by atoms with Crippen LogP contribution < -0.4 is 0 Å². The highest BCUT2D eigenvalue weighted by atomic mass is 16.5. The van der Waals surface area contributed by atoms with Crippen molar-refractivity contribution in [2.45, 2.75) is 45.5 Å². The highest BCUT2D eigenvalue weighted by molar-refractivity contribution is 5.24. The van der Waals surface area contributed by atoms with Crippen LogP contribution in [-0.2, 0) is 11.3 Å². The van der Waals surface area contributed by atoms with Gasteiger partial charge in [-0.25, -0.2) is 0 Å². The van der Waals surface area contributed by atoms with Gasteiger partial charge in [-0.3, -0.25) is 0 Å². The molecule has 1 fully saturated rings. The van der Waals surface area contributed by atoms with Crippen molar-refractivity contribution in [1.29, 1.82) is 0 Å². The Morgan fingerprint density at radius 1 is 1.38 bits per heavy atom. The third-order valence-corrected chi connectivity index (χ3v) is 3.25. The van der Waals surface area contributed by atoms with E-state index in [4.69, 9.17) is 4.74 Å². The molecule has 0 bridgehead atoms. The summed E-state index contributed by atoms with van der Waals surface area (Å²) < 4.78 is 5.84. The van der Waals surface area contributed by atoms with Crippen molar-refractivity contribution in [2.24, 2.45) is 5.92 Å². The molecule has 2 heteroatoms. The Bertz CT molecular complexity index is 340. The maximum absolute atomic E-state index is 9.64. The van der Waals surface area contributed by atoms with Crippen LogP contribution in [0, 0.1) is 12.8 Å². The van der Waals surface area contributed by atoms with Gasteiger partial charge >= 0.3 is 0 Å². The van der Waals surface area contributed by atoms with Crippen LogP contribution in [0.1, 0.15) is 30.9 Å². The average molecular weight is 220 g/mol. The Balaban J connectivity index is 1.93. The minimum atomic E-state index is -0.364. The van der Waals surface area contributed by atoms with Crippen LogP contribution in [-0.4, -0.2) is 17.3 Å². The molecule has 88 valence electrons. The summed E-state index contributed by atoms with van der Waals surface area (Å²) in [5.74, 6) is 0.573. The number of aliphatic hydroxyl groups is 1. The fourth-order valence-corrected chi connectivity index (χ4v) is 2.05. The molecule has 1 N–H and O–H groups in total. The second-order valence-electron chi connectivity index (χ2n) is 4.78. The van der Waals surface area contributed by atoms with E-state index in [0.29, 0.717) is 12.5 Å². The van der Waals surface area contributed by atoms with Crippen LogP contribution in [0.5, 0.6) is 0 Å². The number of hydrogen-bond donors (Lipinski definition) is 1. The zero-order valence-electron chi connectivity index (χ0n) is 10.0. The van der Waals surface area contributed by atoms with Crippen molar-refractivity contribution < 1.29 is 9.84 Å². The van der Waals surface area contributed by atoms with Gasteiger partial charge in [-0.2, -0.15) is 0 Å². The molecule has 1 aromatic rings. The van der Waals surface area contributed by atoms with E-state index in [1.54, 1.807) is 0 Å². The molecular formula is C14H20O2. The second-order valence-corrected chi connectivity index (χ2v) is 4.78. The highest BCUT2D eigenvalue weighted by Gasteiger charge is 2.34. The van der Waals surface area contributed by atoms with Crippen molar-refractivity contribution >= 4 is 0 Å². The summed E-state index contributed by atoms with van der Waals surface area (Å²) >= 11 is 0. The van der Waals surface area contributed by atoms with Gasteiger partial charge in [0, 0.05) is 0 Å². The first kappa shape index (κ1) is 11.6. The highest BCUT2D eigenvalue weighted by Crippen LogP contribution is 2.36.